The van der Waals surface area contributed by atoms with Gasteiger partial charge in [-0.05, 0) is 52.3 Å². The van der Waals surface area contributed by atoms with Gasteiger partial charge in [-0.2, -0.15) is 5.10 Å². The zero-order valence-corrected chi connectivity index (χ0v) is 17.1. The van der Waals surface area contributed by atoms with E-state index in [1.807, 2.05) is 16.7 Å². The topological polar surface area (TPSA) is 68.8 Å². The first-order chi connectivity index (χ1) is 14.1. The standard InChI is InChI=1S/C20H11BrClFN6/c21-12-7-8-15-17(18(12)22)19(11-4-1-2-5-13(11)23)24-10-16-27-28-20(29(15)16)14-6-3-9-25-26-14/h1-9H,10H2. The van der Waals surface area contributed by atoms with Crippen LogP contribution < -0.4 is 0 Å². The molecule has 3 heterocycles. The first-order valence-electron chi connectivity index (χ1n) is 8.65. The van der Waals surface area contributed by atoms with Crippen molar-refractivity contribution >= 4 is 33.2 Å². The van der Waals surface area contributed by atoms with Crippen LogP contribution in [-0.2, 0) is 6.54 Å². The van der Waals surface area contributed by atoms with E-state index in [1.165, 1.54) is 6.07 Å². The van der Waals surface area contributed by atoms with E-state index in [4.69, 9.17) is 11.6 Å². The van der Waals surface area contributed by atoms with E-state index < -0.39 is 0 Å². The van der Waals surface area contributed by atoms with Gasteiger partial charge >= 0.3 is 0 Å². The summed E-state index contributed by atoms with van der Waals surface area (Å²) in [6.45, 7) is 0.208. The Morgan fingerprint density at radius 1 is 1.00 bits per heavy atom. The highest BCUT2D eigenvalue weighted by Gasteiger charge is 2.27. The molecule has 5 rings (SSSR count). The second-order valence-corrected chi connectivity index (χ2v) is 7.52. The van der Waals surface area contributed by atoms with Crippen LogP contribution in [0.2, 0.25) is 5.02 Å². The molecular formula is C20H11BrClFN6. The van der Waals surface area contributed by atoms with Crippen molar-refractivity contribution in [1.29, 1.82) is 0 Å². The van der Waals surface area contributed by atoms with Crippen LogP contribution in [0.5, 0.6) is 0 Å². The van der Waals surface area contributed by atoms with Crippen LogP contribution in [-0.4, -0.2) is 30.7 Å². The molecule has 6 nitrogen and oxygen atoms in total. The molecule has 0 amide bonds. The second-order valence-electron chi connectivity index (χ2n) is 6.28. The average Bonchev–Trinajstić information content (AvgIpc) is 3.09. The highest BCUT2D eigenvalue weighted by atomic mass is 79.9. The molecule has 0 aliphatic carbocycles. The van der Waals surface area contributed by atoms with Gasteiger partial charge in [0.15, 0.2) is 11.6 Å². The lowest BCUT2D eigenvalue weighted by Crippen LogP contribution is -2.11. The molecule has 0 radical (unpaired) electrons. The third kappa shape index (κ3) is 2.95. The van der Waals surface area contributed by atoms with Crippen molar-refractivity contribution in [3.63, 3.8) is 0 Å². The number of nitrogens with zero attached hydrogens (tertiary/aromatic N) is 6. The van der Waals surface area contributed by atoms with Crippen molar-refractivity contribution in [3.05, 3.63) is 87.0 Å². The fourth-order valence-electron chi connectivity index (χ4n) is 3.31. The number of aromatic nitrogens is 5. The molecule has 0 N–H and O–H groups in total. The van der Waals surface area contributed by atoms with Crippen LogP contribution in [0.4, 0.5) is 4.39 Å². The predicted molar refractivity (Wildman–Crippen MR) is 111 cm³/mol. The lowest BCUT2D eigenvalue weighted by atomic mass is 9.99. The number of hydrogen-bond acceptors (Lipinski definition) is 5. The summed E-state index contributed by atoms with van der Waals surface area (Å²) in [6, 6.07) is 13.8. The third-order valence-corrected chi connectivity index (χ3v) is 5.87. The van der Waals surface area contributed by atoms with E-state index in [0.717, 1.165) is 0 Å². The minimum atomic E-state index is -0.375. The Hall–Kier alpha value is -2.97. The lowest BCUT2D eigenvalue weighted by molar-refractivity contribution is 0.625. The molecule has 0 atom stereocenters. The van der Waals surface area contributed by atoms with Crippen molar-refractivity contribution < 1.29 is 4.39 Å². The minimum Gasteiger partial charge on any atom is -0.276 e. The van der Waals surface area contributed by atoms with Crippen molar-refractivity contribution in [2.45, 2.75) is 6.54 Å². The monoisotopic (exact) mass is 468 g/mol. The second kappa shape index (κ2) is 7.13. The van der Waals surface area contributed by atoms with Gasteiger partial charge in [0.05, 0.1) is 16.4 Å². The summed E-state index contributed by atoms with van der Waals surface area (Å²) >= 11 is 10.1. The summed E-state index contributed by atoms with van der Waals surface area (Å²) in [7, 11) is 0. The van der Waals surface area contributed by atoms with Crippen LogP contribution in [0.1, 0.15) is 17.0 Å². The summed E-state index contributed by atoms with van der Waals surface area (Å²) in [5.41, 5.74) is 2.67. The maximum atomic E-state index is 14.6. The maximum Gasteiger partial charge on any atom is 0.189 e. The Balaban J connectivity index is 1.82. The molecule has 1 aliphatic rings. The van der Waals surface area contributed by atoms with Gasteiger partial charge in [-0.1, -0.05) is 23.7 Å². The first kappa shape index (κ1) is 18.1. The number of hydrogen-bond donors (Lipinski definition) is 0. The Labute approximate surface area is 178 Å². The van der Waals surface area contributed by atoms with E-state index >= 15 is 0 Å². The molecule has 142 valence electrons. The molecule has 9 heteroatoms. The van der Waals surface area contributed by atoms with Gasteiger partial charge in [0, 0.05) is 21.8 Å². The van der Waals surface area contributed by atoms with Gasteiger partial charge in [0.2, 0.25) is 0 Å². The Bertz CT molecular complexity index is 1270. The molecule has 0 spiro atoms. The number of aliphatic imine (C=N–C) groups is 1. The highest BCUT2D eigenvalue weighted by Crippen LogP contribution is 2.37. The fraction of sp³-hybridized carbons (Fsp3) is 0.0500. The van der Waals surface area contributed by atoms with Crippen LogP contribution in [0, 0.1) is 5.82 Å². The minimum absolute atomic E-state index is 0.208. The van der Waals surface area contributed by atoms with E-state index in [0.29, 0.717) is 49.4 Å². The predicted octanol–water partition coefficient (Wildman–Crippen LogP) is 4.63. The summed E-state index contributed by atoms with van der Waals surface area (Å²) in [4.78, 5) is 4.66. The Morgan fingerprint density at radius 3 is 2.66 bits per heavy atom. The third-order valence-electron chi connectivity index (χ3n) is 4.59. The summed E-state index contributed by atoms with van der Waals surface area (Å²) < 4.78 is 17.2. The molecule has 1 aliphatic heterocycles. The molecule has 0 saturated carbocycles. The molecule has 0 unspecified atom stereocenters. The van der Waals surface area contributed by atoms with E-state index in [1.54, 1.807) is 36.5 Å². The number of fused-ring (bicyclic) bond motifs is 3. The van der Waals surface area contributed by atoms with E-state index in [-0.39, 0.29) is 12.4 Å². The maximum absolute atomic E-state index is 14.6. The van der Waals surface area contributed by atoms with Crippen molar-refractivity contribution in [1.82, 2.24) is 25.0 Å². The van der Waals surface area contributed by atoms with Gasteiger partial charge in [0.1, 0.15) is 18.1 Å². The number of rotatable bonds is 2. The molecule has 2 aromatic heterocycles. The van der Waals surface area contributed by atoms with E-state index in [2.05, 4.69) is 41.3 Å². The number of benzene rings is 2. The van der Waals surface area contributed by atoms with Crippen LogP contribution in [0.3, 0.4) is 0 Å². The normalized spacial score (nSPS) is 12.7. The zero-order valence-electron chi connectivity index (χ0n) is 14.7. The molecule has 29 heavy (non-hydrogen) atoms. The summed E-state index contributed by atoms with van der Waals surface area (Å²) in [5.74, 6) is 0.731. The smallest absolute Gasteiger partial charge is 0.189 e. The molecule has 0 fully saturated rings. The molecular weight excluding hydrogens is 459 g/mol. The van der Waals surface area contributed by atoms with Gasteiger partial charge in [-0.15, -0.1) is 15.3 Å². The van der Waals surface area contributed by atoms with Crippen LogP contribution >= 0.6 is 27.5 Å². The molecule has 0 bridgehead atoms. The van der Waals surface area contributed by atoms with Gasteiger partial charge in [0.25, 0.3) is 0 Å². The summed E-state index contributed by atoms with van der Waals surface area (Å²) in [6.07, 6.45) is 1.59. The van der Waals surface area contributed by atoms with Crippen LogP contribution in [0.15, 0.2) is 64.2 Å². The molecule has 4 aromatic rings. The largest absolute Gasteiger partial charge is 0.276 e. The highest BCUT2D eigenvalue weighted by molar-refractivity contribution is 9.10. The fourth-order valence-corrected chi connectivity index (χ4v) is 3.89. The first-order valence-corrected chi connectivity index (χ1v) is 9.82. The van der Waals surface area contributed by atoms with Crippen LogP contribution in [0.25, 0.3) is 17.2 Å². The summed E-state index contributed by atoms with van der Waals surface area (Å²) in [5, 5.41) is 17.1. The Morgan fingerprint density at radius 2 is 1.86 bits per heavy atom. The Kier molecular flexibility index (Phi) is 4.44. The SMILES string of the molecule is Fc1ccccc1C1=NCc2nnc(-c3cccnn3)n2-c2ccc(Br)c(Cl)c21. The van der Waals surface area contributed by atoms with Crippen molar-refractivity contribution in [2.75, 3.05) is 0 Å². The van der Waals surface area contributed by atoms with Gasteiger partial charge < -0.3 is 0 Å². The lowest BCUT2D eigenvalue weighted by Gasteiger charge is -2.16. The zero-order chi connectivity index (χ0) is 20.0. The van der Waals surface area contributed by atoms with Gasteiger partial charge in [-0.3, -0.25) is 9.56 Å². The van der Waals surface area contributed by atoms with Crippen molar-refractivity contribution in [2.24, 2.45) is 4.99 Å². The average molecular weight is 470 g/mol. The molecule has 0 saturated heterocycles. The molecule has 2 aromatic carbocycles. The van der Waals surface area contributed by atoms with E-state index in [9.17, 15) is 4.39 Å². The van der Waals surface area contributed by atoms with Crippen molar-refractivity contribution in [3.8, 4) is 17.2 Å². The quantitative estimate of drug-likeness (QED) is 0.429. The number of halogens is 3. The van der Waals surface area contributed by atoms with Gasteiger partial charge in [-0.25, -0.2) is 4.39 Å².